The largest absolute Gasteiger partial charge is 0.459 e. The summed E-state index contributed by atoms with van der Waals surface area (Å²) in [5.74, 6) is 0.369. The van der Waals surface area contributed by atoms with Gasteiger partial charge < -0.3 is 19.1 Å². The number of furan rings is 1. The highest BCUT2D eigenvalue weighted by atomic mass is 32.1. The van der Waals surface area contributed by atoms with E-state index < -0.39 is 0 Å². The smallest absolute Gasteiger partial charge is 0.289 e. The van der Waals surface area contributed by atoms with E-state index in [1.165, 1.54) is 17.6 Å². The number of thiophene rings is 1. The SMILES string of the molecule is O=C(c1ccco1)N1CCC(C(=O)N2CCN(C(=O)c3cccs3)CC2)CC1. The van der Waals surface area contributed by atoms with E-state index in [1.807, 2.05) is 27.3 Å². The number of piperidine rings is 1. The Morgan fingerprint density at radius 2 is 1.54 bits per heavy atom. The van der Waals surface area contributed by atoms with Crippen LogP contribution < -0.4 is 0 Å². The topological polar surface area (TPSA) is 74.1 Å². The van der Waals surface area contributed by atoms with Crippen molar-refractivity contribution in [2.75, 3.05) is 39.3 Å². The number of nitrogens with zero attached hydrogens (tertiary/aromatic N) is 3. The molecule has 2 aromatic rings. The van der Waals surface area contributed by atoms with Crippen LogP contribution in [0.4, 0.5) is 0 Å². The van der Waals surface area contributed by atoms with Crippen LogP contribution in [-0.2, 0) is 4.79 Å². The van der Waals surface area contributed by atoms with Gasteiger partial charge in [0.25, 0.3) is 11.8 Å². The second-order valence-corrected chi connectivity index (χ2v) is 8.09. The van der Waals surface area contributed by atoms with Gasteiger partial charge >= 0.3 is 0 Å². The van der Waals surface area contributed by atoms with Crippen molar-refractivity contribution in [3.63, 3.8) is 0 Å². The Balaban J connectivity index is 1.26. The van der Waals surface area contributed by atoms with Gasteiger partial charge in [-0.15, -0.1) is 11.3 Å². The normalized spacial score (nSPS) is 18.4. The molecule has 0 N–H and O–H groups in total. The van der Waals surface area contributed by atoms with Crippen molar-refractivity contribution in [3.05, 3.63) is 46.5 Å². The summed E-state index contributed by atoms with van der Waals surface area (Å²) in [6.07, 6.45) is 2.82. The van der Waals surface area contributed by atoms with Crippen molar-refractivity contribution in [1.29, 1.82) is 0 Å². The standard InChI is InChI=1S/C20H23N3O4S/c24-18(15-5-7-21(8-6-15)19(25)16-3-1-13-27-16)22-9-11-23(12-10-22)20(26)17-4-2-14-28-17/h1-4,13-15H,5-12H2. The fourth-order valence-corrected chi connectivity index (χ4v) is 4.52. The van der Waals surface area contributed by atoms with Gasteiger partial charge in [-0.1, -0.05) is 6.07 Å². The Morgan fingerprint density at radius 1 is 0.857 bits per heavy atom. The molecule has 0 saturated carbocycles. The number of likely N-dealkylation sites (tertiary alicyclic amines) is 1. The monoisotopic (exact) mass is 401 g/mol. The van der Waals surface area contributed by atoms with Gasteiger partial charge in [0.1, 0.15) is 0 Å². The number of amides is 3. The minimum absolute atomic E-state index is 0.0480. The number of hydrogen-bond acceptors (Lipinski definition) is 5. The summed E-state index contributed by atoms with van der Waals surface area (Å²) in [5.41, 5.74) is 0. The highest BCUT2D eigenvalue weighted by Crippen LogP contribution is 2.22. The molecule has 4 rings (SSSR count). The zero-order valence-corrected chi connectivity index (χ0v) is 16.4. The Labute approximate surface area is 167 Å². The Morgan fingerprint density at radius 3 is 2.14 bits per heavy atom. The van der Waals surface area contributed by atoms with E-state index in [0.29, 0.717) is 57.9 Å². The number of rotatable bonds is 3. The van der Waals surface area contributed by atoms with Crippen molar-refractivity contribution < 1.29 is 18.8 Å². The molecule has 0 atom stereocenters. The summed E-state index contributed by atoms with van der Waals surface area (Å²) in [4.78, 5) is 43.8. The first kappa shape index (κ1) is 18.7. The van der Waals surface area contributed by atoms with E-state index in [0.717, 1.165) is 4.88 Å². The van der Waals surface area contributed by atoms with Gasteiger partial charge in [0, 0.05) is 45.2 Å². The van der Waals surface area contributed by atoms with E-state index >= 15 is 0 Å². The van der Waals surface area contributed by atoms with Crippen LogP contribution in [0.25, 0.3) is 0 Å². The van der Waals surface area contributed by atoms with Crippen LogP contribution in [-0.4, -0.2) is 71.7 Å². The van der Waals surface area contributed by atoms with Gasteiger partial charge in [-0.25, -0.2) is 0 Å². The molecule has 0 unspecified atom stereocenters. The third-order valence-electron chi connectivity index (χ3n) is 5.47. The molecule has 3 amide bonds. The van der Waals surface area contributed by atoms with Crippen LogP contribution in [0.5, 0.6) is 0 Å². The average molecular weight is 401 g/mol. The summed E-state index contributed by atoms with van der Waals surface area (Å²) >= 11 is 1.45. The van der Waals surface area contributed by atoms with Crippen molar-refractivity contribution in [2.24, 2.45) is 5.92 Å². The van der Waals surface area contributed by atoms with E-state index in [1.54, 1.807) is 17.0 Å². The Bertz CT molecular complexity index is 750. The first-order chi connectivity index (χ1) is 13.6. The molecule has 2 aliphatic heterocycles. The highest BCUT2D eigenvalue weighted by Gasteiger charge is 2.33. The summed E-state index contributed by atoms with van der Waals surface area (Å²) < 4.78 is 5.18. The molecule has 0 spiro atoms. The van der Waals surface area contributed by atoms with Crippen LogP contribution in [0.2, 0.25) is 0 Å². The van der Waals surface area contributed by atoms with E-state index in [9.17, 15) is 14.4 Å². The Hall–Kier alpha value is -2.61. The molecule has 0 aromatic carbocycles. The molecule has 7 nitrogen and oxygen atoms in total. The van der Waals surface area contributed by atoms with E-state index in [-0.39, 0.29) is 23.6 Å². The Kier molecular flexibility index (Phi) is 5.47. The molecule has 0 radical (unpaired) electrons. The minimum atomic E-state index is -0.114. The maximum Gasteiger partial charge on any atom is 0.289 e. The number of piperazine rings is 1. The van der Waals surface area contributed by atoms with Crippen molar-refractivity contribution >= 4 is 29.1 Å². The van der Waals surface area contributed by atoms with Gasteiger partial charge in [-0.05, 0) is 36.4 Å². The fourth-order valence-electron chi connectivity index (χ4n) is 3.83. The number of carbonyl (C=O) groups is 3. The number of carbonyl (C=O) groups excluding carboxylic acids is 3. The molecule has 2 aliphatic rings. The molecular formula is C20H23N3O4S. The minimum Gasteiger partial charge on any atom is -0.459 e. The van der Waals surface area contributed by atoms with Gasteiger partial charge in [0.15, 0.2) is 5.76 Å². The predicted octanol–water partition coefficient (Wildman–Crippen LogP) is 2.18. The molecule has 2 aromatic heterocycles. The van der Waals surface area contributed by atoms with Crippen LogP contribution in [0.15, 0.2) is 40.3 Å². The molecule has 28 heavy (non-hydrogen) atoms. The summed E-state index contributed by atoms with van der Waals surface area (Å²) in [6, 6.07) is 7.08. The second-order valence-electron chi connectivity index (χ2n) is 7.14. The first-order valence-corrected chi connectivity index (χ1v) is 10.5. The third kappa shape index (κ3) is 3.82. The van der Waals surface area contributed by atoms with Gasteiger partial charge in [-0.2, -0.15) is 0 Å². The first-order valence-electron chi connectivity index (χ1n) is 9.58. The second kappa shape index (κ2) is 8.18. The molecule has 148 valence electrons. The molecule has 4 heterocycles. The summed E-state index contributed by atoms with van der Waals surface area (Å²) in [7, 11) is 0. The lowest BCUT2D eigenvalue weighted by Crippen LogP contribution is -2.53. The average Bonchev–Trinajstić information content (AvgIpc) is 3.47. The summed E-state index contributed by atoms with van der Waals surface area (Å²) in [5, 5.41) is 1.90. The number of hydrogen-bond donors (Lipinski definition) is 0. The molecular weight excluding hydrogens is 378 g/mol. The van der Waals surface area contributed by atoms with Crippen molar-refractivity contribution in [2.45, 2.75) is 12.8 Å². The van der Waals surface area contributed by atoms with Crippen LogP contribution >= 0.6 is 11.3 Å². The van der Waals surface area contributed by atoms with Gasteiger partial charge in [-0.3, -0.25) is 14.4 Å². The van der Waals surface area contributed by atoms with Gasteiger partial charge in [0.05, 0.1) is 11.1 Å². The highest BCUT2D eigenvalue weighted by molar-refractivity contribution is 7.12. The lowest BCUT2D eigenvalue weighted by Gasteiger charge is -2.38. The van der Waals surface area contributed by atoms with E-state index in [4.69, 9.17) is 4.42 Å². The van der Waals surface area contributed by atoms with Crippen LogP contribution in [0, 0.1) is 5.92 Å². The lowest BCUT2D eigenvalue weighted by atomic mass is 9.94. The quantitative estimate of drug-likeness (QED) is 0.790. The zero-order valence-electron chi connectivity index (χ0n) is 15.6. The van der Waals surface area contributed by atoms with Crippen molar-refractivity contribution in [1.82, 2.24) is 14.7 Å². The zero-order chi connectivity index (χ0) is 19.5. The van der Waals surface area contributed by atoms with E-state index in [2.05, 4.69) is 0 Å². The molecule has 2 fully saturated rings. The fraction of sp³-hybridized carbons (Fsp3) is 0.450. The van der Waals surface area contributed by atoms with Crippen molar-refractivity contribution in [3.8, 4) is 0 Å². The predicted molar refractivity (Wildman–Crippen MR) is 104 cm³/mol. The molecule has 0 aliphatic carbocycles. The third-order valence-corrected chi connectivity index (χ3v) is 6.33. The summed E-state index contributed by atoms with van der Waals surface area (Å²) in [6.45, 7) is 3.40. The van der Waals surface area contributed by atoms with Gasteiger partial charge in [0.2, 0.25) is 5.91 Å². The maximum absolute atomic E-state index is 12.9. The molecule has 0 bridgehead atoms. The maximum atomic E-state index is 12.9. The van der Waals surface area contributed by atoms with Crippen LogP contribution in [0.3, 0.4) is 0 Å². The lowest BCUT2D eigenvalue weighted by molar-refractivity contribution is -0.138. The molecule has 2 saturated heterocycles. The molecule has 8 heteroatoms. The van der Waals surface area contributed by atoms with Crippen LogP contribution in [0.1, 0.15) is 33.1 Å².